The molecule has 0 aliphatic heterocycles. The molecule has 0 unspecified atom stereocenters. The molecule has 0 N–H and O–H groups in total. The summed E-state index contributed by atoms with van der Waals surface area (Å²) in [5.74, 6) is 0. The minimum atomic E-state index is 1.37. The fourth-order valence-electron chi connectivity index (χ4n) is 2.32. The first kappa shape index (κ1) is 9.86. The molecule has 80 valence electrons. The van der Waals surface area contributed by atoms with Crippen LogP contribution in [0.4, 0.5) is 0 Å². The van der Waals surface area contributed by atoms with Crippen LogP contribution in [0.3, 0.4) is 0 Å². The third-order valence-corrected chi connectivity index (χ3v) is 4.39. The highest BCUT2D eigenvalue weighted by Gasteiger charge is 2.10. The molecular weight excluding hydrogens is 212 g/mol. The van der Waals surface area contributed by atoms with Crippen LogP contribution in [0.15, 0.2) is 29.6 Å². The van der Waals surface area contributed by atoms with Crippen molar-refractivity contribution in [2.75, 3.05) is 0 Å². The normalized spacial score (nSPS) is 11.4. The lowest BCUT2D eigenvalue weighted by molar-refractivity contribution is 1.50. The fourth-order valence-corrected chi connectivity index (χ4v) is 3.35. The zero-order valence-electron chi connectivity index (χ0n) is 9.79. The first-order chi connectivity index (χ1) is 7.66. The maximum atomic E-state index is 2.35. The molecule has 0 bridgehead atoms. The van der Waals surface area contributed by atoms with Crippen LogP contribution in [0.1, 0.15) is 16.7 Å². The minimum absolute atomic E-state index is 1.37. The Bertz CT molecular complexity index is 646. The van der Waals surface area contributed by atoms with E-state index in [0.717, 1.165) is 0 Å². The number of rotatable bonds is 0. The zero-order chi connectivity index (χ0) is 11.3. The molecule has 2 aliphatic rings. The van der Waals surface area contributed by atoms with Crippen molar-refractivity contribution < 1.29 is 0 Å². The van der Waals surface area contributed by atoms with Crippen LogP contribution in [0, 0.1) is 20.8 Å². The molecule has 1 heteroatoms. The van der Waals surface area contributed by atoms with Crippen LogP contribution < -0.4 is 0 Å². The Kier molecular flexibility index (Phi) is 2.05. The molecule has 1 heterocycles. The van der Waals surface area contributed by atoms with Crippen molar-refractivity contribution in [2.45, 2.75) is 20.8 Å². The van der Waals surface area contributed by atoms with E-state index in [4.69, 9.17) is 0 Å². The third kappa shape index (κ3) is 1.28. The van der Waals surface area contributed by atoms with Gasteiger partial charge in [0.2, 0.25) is 0 Å². The maximum Gasteiger partial charge on any atom is 0.0348 e. The lowest BCUT2D eigenvalue weighted by Gasteiger charge is -1.97. The van der Waals surface area contributed by atoms with Crippen LogP contribution >= 0.6 is 11.3 Å². The Hall–Kier alpha value is -1.34. The SMILES string of the molecule is Cc1cc2scc(C)c2cc2c(C)ccc1-2. The molecule has 1 aromatic heterocycles. The van der Waals surface area contributed by atoms with Gasteiger partial charge in [-0.3, -0.25) is 0 Å². The highest BCUT2D eigenvalue weighted by Crippen LogP contribution is 2.35. The Morgan fingerprint density at radius 1 is 0.812 bits per heavy atom. The number of thiophene rings is 1. The number of hydrogen-bond donors (Lipinski definition) is 0. The summed E-state index contributed by atoms with van der Waals surface area (Å²) in [6.07, 6.45) is 0. The van der Waals surface area contributed by atoms with E-state index in [1.54, 1.807) is 0 Å². The van der Waals surface area contributed by atoms with Crippen molar-refractivity contribution >= 4 is 21.4 Å². The summed E-state index contributed by atoms with van der Waals surface area (Å²) in [5, 5.41) is 3.64. The summed E-state index contributed by atoms with van der Waals surface area (Å²) >= 11 is 1.84. The molecule has 0 spiro atoms. The smallest absolute Gasteiger partial charge is 0.0348 e. The lowest BCUT2D eigenvalue weighted by atomic mass is 10.1. The second-order valence-electron chi connectivity index (χ2n) is 4.51. The van der Waals surface area contributed by atoms with E-state index in [0.29, 0.717) is 0 Å². The molecule has 0 saturated heterocycles. The van der Waals surface area contributed by atoms with Crippen molar-refractivity contribution in [1.29, 1.82) is 0 Å². The number of aryl methyl sites for hydroxylation is 3. The summed E-state index contributed by atoms with van der Waals surface area (Å²) in [5.41, 5.74) is 6.92. The molecule has 1 aromatic rings. The van der Waals surface area contributed by atoms with Crippen molar-refractivity contribution in [3.05, 3.63) is 46.3 Å². The predicted octanol–water partition coefficient (Wildman–Crippen LogP) is 4.93. The molecule has 0 amide bonds. The second kappa shape index (κ2) is 3.33. The quantitative estimate of drug-likeness (QED) is 0.510. The monoisotopic (exact) mass is 226 g/mol. The van der Waals surface area contributed by atoms with Crippen LogP contribution in [0.25, 0.3) is 21.2 Å². The van der Waals surface area contributed by atoms with Crippen molar-refractivity contribution in [3.8, 4) is 11.1 Å². The van der Waals surface area contributed by atoms with Crippen LogP contribution in [-0.4, -0.2) is 0 Å². The van der Waals surface area contributed by atoms with E-state index < -0.39 is 0 Å². The first-order valence-electron chi connectivity index (χ1n) is 5.54. The molecule has 0 atom stereocenters. The average molecular weight is 226 g/mol. The number of fused-ring (bicyclic) bond motifs is 2. The summed E-state index contributed by atoms with van der Waals surface area (Å²) in [4.78, 5) is 0. The Balaban J connectivity index is 2.54. The Morgan fingerprint density at radius 3 is 2.44 bits per heavy atom. The van der Waals surface area contributed by atoms with Gasteiger partial charge in [0.25, 0.3) is 0 Å². The second-order valence-corrected chi connectivity index (χ2v) is 5.42. The van der Waals surface area contributed by atoms with Crippen molar-refractivity contribution in [2.24, 2.45) is 0 Å². The molecule has 2 aliphatic carbocycles. The highest BCUT2D eigenvalue weighted by molar-refractivity contribution is 7.17. The third-order valence-electron chi connectivity index (χ3n) is 3.33. The van der Waals surface area contributed by atoms with Gasteiger partial charge in [-0.05, 0) is 71.5 Å². The van der Waals surface area contributed by atoms with E-state index in [1.807, 2.05) is 11.3 Å². The topological polar surface area (TPSA) is 0 Å². The van der Waals surface area contributed by atoms with Crippen LogP contribution in [0.5, 0.6) is 0 Å². The summed E-state index contributed by atoms with van der Waals surface area (Å²) in [6.45, 7) is 6.59. The van der Waals surface area contributed by atoms with Gasteiger partial charge in [0.1, 0.15) is 0 Å². The number of hydrogen-bond acceptors (Lipinski definition) is 1. The van der Waals surface area contributed by atoms with Gasteiger partial charge in [-0.2, -0.15) is 0 Å². The van der Waals surface area contributed by atoms with Gasteiger partial charge in [0.05, 0.1) is 0 Å². The summed E-state index contributed by atoms with van der Waals surface area (Å²) < 4.78 is 1.39. The van der Waals surface area contributed by atoms with Gasteiger partial charge in [0, 0.05) is 4.70 Å². The molecule has 16 heavy (non-hydrogen) atoms. The van der Waals surface area contributed by atoms with E-state index in [2.05, 4.69) is 50.4 Å². The molecule has 0 saturated carbocycles. The summed E-state index contributed by atoms with van der Waals surface area (Å²) in [6, 6.07) is 9.11. The molecule has 3 rings (SSSR count). The minimum Gasteiger partial charge on any atom is -0.144 e. The maximum absolute atomic E-state index is 2.35. The van der Waals surface area contributed by atoms with E-state index in [-0.39, 0.29) is 0 Å². The largest absolute Gasteiger partial charge is 0.144 e. The zero-order valence-corrected chi connectivity index (χ0v) is 10.6. The van der Waals surface area contributed by atoms with Crippen LogP contribution in [0.2, 0.25) is 0 Å². The first-order valence-corrected chi connectivity index (χ1v) is 6.42. The summed E-state index contributed by atoms with van der Waals surface area (Å²) in [7, 11) is 0. The highest BCUT2D eigenvalue weighted by atomic mass is 32.1. The standard InChI is InChI=1S/C15H14S/c1-9-4-5-12-10(2)6-15-14(7-13(9)12)11(3)8-16-15/h4-8H,1-3H3. The lowest BCUT2D eigenvalue weighted by Crippen LogP contribution is -1.74. The Morgan fingerprint density at radius 2 is 1.62 bits per heavy atom. The van der Waals surface area contributed by atoms with E-state index >= 15 is 0 Å². The average Bonchev–Trinajstić information content (AvgIpc) is 2.72. The van der Waals surface area contributed by atoms with Gasteiger partial charge in [0.15, 0.2) is 0 Å². The Labute approximate surface area is 99.9 Å². The van der Waals surface area contributed by atoms with Gasteiger partial charge < -0.3 is 0 Å². The predicted molar refractivity (Wildman–Crippen MR) is 72.7 cm³/mol. The van der Waals surface area contributed by atoms with Crippen LogP contribution in [-0.2, 0) is 0 Å². The molecule has 0 fully saturated rings. The van der Waals surface area contributed by atoms with Crippen molar-refractivity contribution in [3.63, 3.8) is 0 Å². The molecule has 0 nitrogen and oxygen atoms in total. The van der Waals surface area contributed by atoms with E-state index in [1.165, 1.54) is 37.9 Å². The fraction of sp³-hybridized carbons (Fsp3) is 0.200. The molecule has 0 radical (unpaired) electrons. The van der Waals surface area contributed by atoms with Gasteiger partial charge in [-0.15, -0.1) is 11.3 Å². The van der Waals surface area contributed by atoms with Gasteiger partial charge in [-0.1, -0.05) is 12.1 Å². The van der Waals surface area contributed by atoms with Gasteiger partial charge in [-0.25, -0.2) is 0 Å². The van der Waals surface area contributed by atoms with Gasteiger partial charge >= 0.3 is 0 Å². The van der Waals surface area contributed by atoms with E-state index in [9.17, 15) is 0 Å². The van der Waals surface area contributed by atoms with Crippen molar-refractivity contribution in [1.82, 2.24) is 0 Å². The molecular formula is C15H14S. The molecule has 0 aromatic carbocycles.